The number of aromatic nitrogens is 1. The van der Waals surface area contributed by atoms with Crippen molar-refractivity contribution in [3.8, 4) is 11.6 Å². The van der Waals surface area contributed by atoms with E-state index in [2.05, 4.69) is 10.3 Å². The Morgan fingerprint density at radius 1 is 1.15 bits per heavy atom. The van der Waals surface area contributed by atoms with E-state index in [-0.39, 0.29) is 18.2 Å². The molecule has 7 nitrogen and oxygen atoms in total. The van der Waals surface area contributed by atoms with Crippen molar-refractivity contribution in [1.82, 2.24) is 4.98 Å². The van der Waals surface area contributed by atoms with Crippen LogP contribution in [-0.2, 0) is 0 Å². The third-order valence-electron chi connectivity index (χ3n) is 4.15. The fourth-order valence-corrected chi connectivity index (χ4v) is 2.62. The predicted octanol–water partition coefficient (Wildman–Crippen LogP) is 4.36. The van der Waals surface area contributed by atoms with Crippen molar-refractivity contribution in [2.75, 3.05) is 18.5 Å². The van der Waals surface area contributed by atoms with Crippen molar-refractivity contribution in [3.05, 3.63) is 51.7 Å². The first-order chi connectivity index (χ1) is 12.5. The summed E-state index contributed by atoms with van der Waals surface area (Å²) in [4.78, 5) is 15.5. The molecule has 7 heteroatoms. The molecule has 0 fully saturated rings. The number of anilines is 1. The molecular formula is C19H25N3O4. The zero-order valence-electron chi connectivity index (χ0n) is 15.2. The summed E-state index contributed by atoms with van der Waals surface area (Å²) in [6.45, 7) is 4.43. The van der Waals surface area contributed by atoms with Gasteiger partial charge in [0.2, 0.25) is 0 Å². The van der Waals surface area contributed by atoms with Crippen molar-refractivity contribution in [2.45, 2.75) is 39.5 Å². The molecule has 0 bridgehead atoms. The molecule has 0 aliphatic heterocycles. The predicted molar refractivity (Wildman–Crippen MR) is 101 cm³/mol. The van der Waals surface area contributed by atoms with E-state index in [9.17, 15) is 10.1 Å². The number of nitrogens with one attached hydrogen (secondary N) is 1. The Bertz CT molecular complexity index is 735. The first kappa shape index (κ1) is 19.7. The molecule has 0 unspecified atom stereocenters. The summed E-state index contributed by atoms with van der Waals surface area (Å²) in [7, 11) is 0. The molecule has 0 saturated carbocycles. The number of rotatable bonds is 10. The highest BCUT2D eigenvalue weighted by molar-refractivity contribution is 5.71. The minimum absolute atomic E-state index is 0.00733. The van der Waals surface area contributed by atoms with Crippen LogP contribution in [0.2, 0.25) is 0 Å². The van der Waals surface area contributed by atoms with Gasteiger partial charge in [-0.3, -0.25) is 10.1 Å². The van der Waals surface area contributed by atoms with E-state index in [4.69, 9.17) is 9.84 Å². The summed E-state index contributed by atoms with van der Waals surface area (Å²) in [5.41, 5.74) is 1.74. The lowest BCUT2D eigenvalue weighted by molar-refractivity contribution is -0.385. The molecule has 140 valence electrons. The second kappa shape index (κ2) is 9.72. The molecule has 2 aromatic rings. The van der Waals surface area contributed by atoms with Crippen LogP contribution in [0.25, 0.3) is 0 Å². The number of aryl methyl sites for hydroxylation is 1. The number of ether oxygens (including phenoxy) is 1. The van der Waals surface area contributed by atoms with E-state index in [0.29, 0.717) is 23.7 Å². The quantitative estimate of drug-likeness (QED) is 0.371. The summed E-state index contributed by atoms with van der Waals surface area (Å²) in [5, 5.41) is 23.7. The maximum atomic E-state index is 11.7. The number of nitro groups is 1. The molecule has 26 heavy (non-hydrogen) atoms. The van der Waals surface area contributed by atoms with E-state index in [0.717, 1.165) is 31.2 Å². The number of nitrogens with zero attached hydrogens (tertiary/aromatic N) is 2. The molecule has 0 amide bonds. The van der Waals surface area contributed by atoms with Crippen LogP contribution >= 0.6 is 0 Å². The van der Waals surface area contributed by atoms with Crippen LogP contribution in [0, 0.1) is 24.0 Å². The van der Waals surface area contributed by atoms with Gasteiger partial charge in [0.25, 0.3) is 0 Å². The molecule has 1 aromatic carbocycles. The Morgan fingerprint density at radius 2 is 1.85 bits per heavy atom. The van der Waals surface area contributed by atoms with E-state index >= 15 is 0 Å². The lowest BCUT2D eigenvalue weighted by atomic mass is 10.1. The summed E-state index contributed by atoms with van der Waals surface area (Å²) in [6, 6.07) is 8.91. The Balaban J connectivity index is 2.23. The normalized spacial score (nSPS) is 10.6. The second-order valence-electron chi connectivity index (χ2n) is 6.09. The SMILES string of the molecule is Cc1nc(Oc2ccccc2)c([N+](=O)[O-])c(NCCCCCCO)c1C. The molecular weight excluding hydrogens is 334 g/mol. The van der Waals surface area contributed by atoms with Crippen LogP contribution in [0.1, 0.15) is 36.9 Å². The van der Waals surface area contributed by atoms with Gasteiger partial charge >= 0.3 is 11.6 Å². The molecule has 1 heterocycles. The number of para-hydroxylation sites is 1. The van der Waals surface area contributed by atoms with Crippen LogP contribution < -0.4 is 10.1 Å². The van der Waals surface area contributed by atoms with Crippen LogP contribution in [0.4, 0.5) is 11.4 Å². The zero-order valence-corrected chi connectivity index (χ0v) is 15.2. The van der Waals surface area contributed by atoms with Crippen molar-refractivity contribution >= 4 is 11.4 Å². The standard InChI is InChI=1S/C19H25N3O4/c1-14-15(2)21-19(26-16-10-6-5-7-11-16)18(22(24)25)17(14)20-12-8-3-4-9-13-23/h5-7,10-11,23H,3-4,8-9,12-13H2,1-2H3,(H,20,21). The molecule has 2 N–H and O–H groups in total. The van der Waals surface area contributed by atoms with Gasteiger partial charge in [-0.2, -0.15) is 0 Å². The topological polar surface area (TPSA) is 97.5 Å². The van der Waals surface area contributed by atoms with Crippen molar-refractivity contribution in [2.24, 2.45) is 0 Å². The van der Waals surface area contributed by atoms with Gasteiger partial charge < -0.3 is 15.2 Å². The maximum absolute atomic E-state index is 11.7. The minimum atomic E-state index is -0.453. The Kier molecular flexibility index (Phi) is 7.35. The van der Waals surface area contributed by atoms with E-state index in [1.54, 1.807) is 24.3 Å². The largest absolute Gasteiger partial charge is 0.434 e. The fourth-order valence-electron chi connectivity index (χ4n) is 2.62. The number of pyridine rings is 1. The van der Waals surface area contributed by atoms with Crippen LogP contribution in [-0.4, -0.2) is 28.2 Å². The Morgan fingerprint density at radius 3 is 2.50 bits per heavy atom. The average Bonchev–Trinajstić information content (AvgIpc) is 2.62. The molecule has 0 radical (unpaired) electrons. The molecule has 0 saturated heterocycles. The first-order valence-corrected chi connectivity index (χ1v) is 8.77. The van der Waals surface area contributed by atoms with Crippen LogP contribution in [0.5, 0.6) is 11.6 Å². The smallest absolute Gasteiger partial charge is 0.354 e. The highest BCUT2D eigenvalue weighted by Crippen LogP contribution is 2.39. The number of hydrogen-bond acceptors (Lipinski definition) is 6. The summed E-state index contributed by atoms with van der Waals surface area (Å²) in [6.07, 6.45) is 3.55. The molecule has 2 rings (SSSR count). The molecule has 0 atom stereocenters. The Labute approximate surface area is 153 Å². The third kappa shape index (κ3) is 5.16. The number of hydrogen-bond donors (Lipinski definition) is 2. The van der Waals surface area contributed by atoms with Crippen molar-refractivity contribution in [3.63, 3.8) is 0 Å². The first-order valence-electron chi connectivity index (χ1n) is 8.77. The highest BCUT2D eigenvalue weighted by Gasteiger charge is 2.27. The van der Waals surface area contributed by atoms with Crippen LogP contribution in [0.3, 0.4) is 0 Å². The van der Waals surface area contributed by atoms with E-state index < -0.39 is 4.92 Å². The number of aliphatic hydroxyl groups is 1. The van der Waals surface area contributed by atoms with Crippen LogP contribution in [0.15, 0.2) is 30.3 Å². The summed E-state index contributed by atoms with van der Waals surface area (Å²) >= 11 is 0. The van der Waals surface area contributed by atoms with Gasteiger partial charge in [0.1, 0.15) is 11.4 Å². The maximum Gasteiger partial charge on any atom is 0.354 e. The van der Waals surface area contributed by atoms with Gasteiger partial charge in [0.05, 0.1) is 4.92 Å². The fraction of sp³-hybridized carbons (Fsp3) is 0.421. The monoisotopic (exact) mass is 359 g/mol. The van der Waals surface area contributed by atoms with E-state index in [1.807, 2.05) is 19.9 Å². The summed E-state index contributed by atoms with van der Waals surface area (Å²) in [5.74, 6) is 0.494. The number of benzene rings is 1. The Hall–Kier alpha value is -2.67. The number of unbranched alkanes of at least 4 members (excludes halogenated alkanes) is 3. The molecule has 1 aromatic heterocycles. The molecule has 0 spiro atoms. The van der Waals surface area contributed by atoms with Gasteiger partial charge in [-0.1, -0.05) is 31.0 Å². The van der Waals surface area contributed by atoms with Crippen molar-refractivity contribution in [1.29, 1.82) is 0 Å². The van der Waals surface area contributed by atoms with Crippen molar-refractivity contribution < 1.29 is 14.8 Å². The van der Waals surface area contributed by atoms with Gasteiger partial charge in [0, 0.05) is 24.4 Å². The highest BCUT2D eigenvalue weighted by atomic mass is 16.6. The van der Waals surface area contributed by atoms with Gasteiger partial charge in [0.15, 0.2) is 0 Å². The van der Waals surface area contributed by atoms with Gasteiger partial charge in [-0.15, -0.1) is 0 Å². The number of aliphatic hydroxyl groups excluding tert-OH is 1. The summed E-state index contributed by atoms with van der Waals surface area (Å²) < 4.78 is 5.69. The van der Waals surface area contributed by atoms with E-state index in [1.165, 1.54) is 0 Å². The molecule has 0 aliphatic carbocycles. The zero-order chi connectivity index (χ0) is 18.9. The lowest BCUT2D eigenvalue weighted by Gasteiger charge is -2.14. The minimum Gasteiger partial charge on any atom is -0.434 e. The van der Waals surface area contributed by atoms with Gasteiger partial charge in [-0.05, 0) is 38.8 Å². The third-order valence-corrected chi connectivity index (χ3v) is 4.15. The average molecular weight is 359 g/mol. The van der Waals surface area contributed by atoms with Gasteiger partial charge in [-0.25, -0.2) is 4.98 Å². The lowest BCUT2D eigenvalue weighted by Crippen LogP contribution is -2.09. The molecule has 0 aliphatic rings. The second-order valence-corrected chi connectivity index (χ2v) is 6.09.